The van der Waals surface area contributed by atoms with Gasteiger partial charge in [0.1, 0.15) is 0 Å². The van der Waals surface area contributed by atoms with E-state index >= 15 is 0 Å². The predicted octanol–water partition coefficient (Wildman–Crippen LogP) is 3.52. The van der Waals surface area contributed by atoms with Crippen LogP contribution in [-0.4, -0.2) is 6.04 Å². The summed E-state index contributed by atoms with van der Waals surface area (Å²) in [5, 5.41) is 3.59. The largest absolute Gasteiger partial charge is 0.310 e. The average molecular weight is 205 g/mol. The lowest BCUT2D eigenvalue weighted by molar-refractivity contribution is 0.389. The number of hydrogen-bond donors (Lipinski definition) is 1. The third-order valence-electron chi connectivity index (χ3n) is 3.37. The van der Waals surface area contributed by atoms with Gasteiger partial charge in [0.05, 0.1) is 0 Å². The normalized spacial score (nSPS) is 14.9. The summed E-state index contributed by atoms with van der Waals surface area (Å²) >= 11 is 0. The number of benzene rings is 1. The predicted molar refractivity (Wildman–Crippen MR) is 66.9 cm³/mol. The molecule has 1 aromatic rings. The molecule has 0 aliphatic heterocycles. The molecule has 0 aliphatic carbocycles. The summed E-state index contributed by atoms with van der Waals surface area (Å²) in [5.41, 5.74) is 2.79. The van der Waals surface area contributed by atoms with E-state index in [1.54, 1.807) is 0 Å². The summed E-state index contributed by atoms with van der Waals surface area (Å²) in [7, 11) is 0. The SMILES string of the molecule is CC[C@@H](C)[C@@H](C)NCc1ccccc1C. The minimum absolute atomic E-state index is 0.592. The number of aryl methyl sites for hydroxylation is 1. The molecule has 0 bridgehead atoms. The molecule has 0 radical (unpaired) electrons. The fourth-order valence-corrected chi connectivity index (χ4v) is 1.63. The van der Waals surface area contributed by atoms with Gasteiger partial charge in [-0.3, -0.25) is 0 Å². The summed E-state index contributed by atoms with van der Waals surface area (Å²) in [6.07, 6.45) is 1.24. The van der Waals surface area contributed by atoms with Crippen molar-refractivity contribution in [3.8, 4) is 0 Å². The van der Waals surface area contributed by atoms with Gasteiger partial charge in [0.25, 0.3) is 0 Å². The van der Waals surface area contributed by atoms with Crippen LogP contribution in [0.5, 0.6) is 0 Å². The summed E-state index contributed by atoms with van der Waals surface area (Å²) in [5.74, 6) is 0.744. The van der Waals surface area contributed by atoms with Gasteiger partial charge < -0.3 is 5.32 Å². The second kappa shape index (κ2) is 5.92. The molecule has 0 aliphatic rings. The van der Waals surface area contributed by atoms with Crippen LogP contribution in [-0.2, 0) is 6.54 Å². The quantitative estimate of drug-likeness (QED) is 0.775. The highest BCUT2D eigenvalue weighted by Crippen LogP contribution is 2.10. The summed E-state index contributed by atoms with van der Waals surface area (Å²) in [4.78, 5) is 0. The van der Waals surface area contributed by atoms with Gasteiger partial charge in [-0.2, -0.15) is 0 Å². The molecule has 0 unspecified atom stereocenters. The Kier molecular flexibility index (Phi) is 4.83. The van der Waals surface area contributed by atoms with Gasteiger partial charge in [-0.05, 0) is 30.9 Å². The van der Waals surface area contributed by atoms with Crippen molar-refractivity contribution in [3.05, 3.63) is 35.4 Å². The molecule has 0 saturated heterocycles. The zero-order valence-electron chi connectivity index (χ0n) is 10.4. The zero-order valence-corrected chi connectivity index (χ0v) is 10.4. The Morgan fingerprint density at radius 3 is 2.47 bits per heavy atom. The Labute approximate surface area is 93.9 Å². The molecule has 84 valence electrons. The molecular formula is C14H23N. The summed E-state index contributed by atoms with van der Waals surface area (Å²) in [6, 6.07) is 9.17. The molecular weight excluding hydrogens is 182 g/mol. The van der Waals surface area contributed by atoms with E-state index in [-0.39, 0.29) is 0 Å². The lowest BCUT2D eigenvalue weighted by Gasteiger charge is -2.20. The smallest absolute Gasteiger partial charge is 0.0210 e. The molecule has 2 atom stereocenters. The molecule has 1 N–H and O–H groups in total. The summed E-state index contributed by atoms with van der Waals surface area (Å²) < 4.78 is 0. The van der Waals surface area contributed by atoms with Crippen LogP contribution in [0.2, 0.25) is 0 Å². The van der Waals surface area contributed by atoms with Crippen molar-refractivity contribution >= 4 is 0 Å². The lowest BCUT2D eigenvalue weighted by atomic mass is 10.0. The third kappa shape index (κ3) is 3.67. The van der Waals surface area contributed by atoms with Crippen LogP contribution in [0, 0.1) is 12.8 Å². The highest BCUT2D eigenvalue weighted by atomic mass is 14.9. The van der Waals surface area contributed by atoms with Crippen molar-refractivity contribution in [1.82, 2.24) is 5.32 Å². The van der Waals surface area contributed by atoms with Crippen LogP contribution in [0.1, 0.15) is 38.3 Å². The first-order valence-corrected chi connectivity index (χ1v) is 5.93. The van der Waals surface area contributed by atoms with E-state index in [1.807, 2.05) is 0 Å². The number of hydrogen-bond acceptors (Lipinski definition) is 1. The molecule has 1 heteroatoms. The molecule has 1 rings (SSSR count). The number of rotatable bonds is 5. The maximum absolute atomic E-state index is 3.59. The Morgan fingerprint density at radius 2 is 1.87 bits per heavy atom. The van der Waals surface area contributed by atoms with Crippen LogP contribution in [0.15, 0.2) is 24.3 Å². The Hall–Kier alpha value is -0.820. The van der Waals surface area contributed by atoms with Crippen molar-refractivity contribution in [2.24, 2.45) is 5.92 Å². The molecule has 0 saturated carbocycles. The van der Waals surface area contributed by atoms with E-state index < -0.39 is 0 Å². The first-order valence-electron chi connectivity index (χ1n) is 5.93. The average Bonchev–Trinajstić information content (AvgIpc) is 2.26. The molecule has 0 spiro atoms. The summed E-state index contributed by atoms with van der Waals surface area (Å²) in [6.45, 7) is 9.97. The lowest BCUT2D eigenvalue weighted by Crippen LogP contribution is -2.31. The molecule has 15 heavy (non-hydrogen) atoms. The second-order valence-electron chi connectivity index (χ2n) is 4.48. The molecule has 0 amide bonds. The Balaban J connectivity index is 2.47. The van der Waals surface area contributed by atoms with E-state index in [0.29, 0.717) is 6.04 Å². The Bertz CT molecular complexity index is 293. The van der Waals surface area contributed by atoms with E-state index in [9.17, 15) is 0 Å². The standard InChI is InChI=1S/C14H23N/c1-5-11(2)13(4)15-10-14-9-7-6-8-12(14)3/h6-9,11,13,15H,5,10H2,1-4H3/t11-,13-/m1/s1. The van der Waals surface area contributed by atoms with Crippen molar-refractivity contribution in [2.45, 2.75) is 46.7 Å². The minimum atomic E-state index is 0.592. The first kappa shape index (κ1) is 12.3. The topological polar surface area (TPSA) is 12.0 Å². The Morgan fingerprint density at radius 1 is 1.20 bits per heavy atom. The fraction of sp³-hybridized carbons (Fsp3) is 0.571. The van der Waals surface area contributed by atoms with E-state index in [0.717, 1.165) is 12.5 Å². The molecule has 1 aromatic carbocycles. The van der Waals surface area contributed by atoms with Crippen molar-refractivity contribution in [1.29, 1.82) is 0 Å². The van der Waals surface area contributed by atoms with Crippen LogP contribution in [0.4, 0.5) is 0 Å². The maximum atomic E-state index is 3.59. The third-order valence-corrected chi connectivity index (χ3v) is 3.37. The van der Waals surface area contributed by atoms with Gasteiger partial charge in [0.15, 0.2) is 0 Å². The fourth-order valence-electron chi connectivity index (χ4n) is 1.63. The minimum Gasteiger partial charge on any atom is -0.310 e. The highest BCUT2D eigenvalue weighted by molar-refractivity contribution is 5.25. The van der Waals surface area contributed by atoms with Crippen LogP contribution >= 0.6 is 0 Å². The molecule has 0 aromatic heterocycles. The monoisotopic (exact) mass is 205 g/mol. The van der Waals surface area contributed by atoms with Gasteiger partial charge in [-0.1, -0.05) is 44.5 Å². The number of nitrogens with one attached hydrogen (secondary N) is 1. The van der Waals surface area contributed by atoms with Crippen molar-refractivity contribution in [2.75, 3.05) is 0 Å². The van der Waals surface area contributed by atoms with Gasteiger partial charge in [-0.15, -0.1) is 0 Å². The van der Waals surface area contributed by atoms with Crippen LogP contribution in [0.3, 0.4) is 0 Å². The first-order chi connectivity index (χ1) is 7.15. The van der Waals surface area contributed by atoms with E-state index in [2.05, 4.69) is 57.3 Å². The van der Waals surface area contributed by atoms with Gasteiger partial charge in [0.2, 0.25) is 0 Å². The van der Waals surface area contributed by atoms with Crippen LogP contribution < -0.4 is 5.32 Å². The molecule has 1 nitrogen and oxygen atoms in total. The van der Waals surface area contributed by atoms with Gasteiger partial charge >= 0.3 is 0 Å². The van der Waals surface area contributed by atoms with Gasteiger partial charge in [-0.25, -0.2) is 0 Å². The van der Waals surface area contributed by atoms with E-state index in [1.165, 1.54) is 17.5 Å². The van der Waals surface area contributed by atoms with Crippen molar-refractivity contribution < 1.29 is 0 Å². The second-order valence-corrected chi connectivity index (χ2v) is 4.48. The van der Waals surface area contributed by atoms with Crippen molar-refractivity contribution in [3.63, 3.8) is 0 Å². The maximum Gasteiger partial charge on any atom is 0.0210 e. The highest BCUT2D eigenvalue weighted by Gasteiger charge is 2.09. The molecule has 0 fully saturated rings. The van der Waals surface area contributed by atoms with E-state index in [4.69, 9.17) is 0 Å². The van der Waals surface area contributed by atoms with Crippen LogP contribution in [0.25, 0.3) is 0 Å². The molecule has 0 heterocycles. The zero-order chi connectivity index (χ0) is 11.3. The van der Waals surface area contributed by atoms with Gasteiger partial charge in [0, 0.05) is 12.6 Å².